The molecule has 0 saturated heterocycles. The van der Waals surface area contributed by atoms with Crippen molar-refractivity contribution in [1.82, 2.24) is 0 Å². The van der Waals surface area contributed by atoms with Crippen LogP contribution in [0.3, 0.4) is 0 Å². The fourth-order valence-corrected chi connectivity index (χ4v) is 13.1. The maximum absolute atomic E-state index is 7.05. The zero-order chi connectivity index (χ0) is 24.9. The van der Waals surface area contributed by atoms with Crippen molar-refractivity contribution in [3.8, 4) is 33.8 Å². The average molecular weight is 560 g/mol. The molecule has 2 aliphatic rings. The molecular formula is C34H28O2Zr. The first-order chi connectivity index (χ1) is 18.3. The van der Waals surface area contributed by atoms with Crippen molar-refractivity contribution >= 4 is 0 Å². The number of hydrogen-bond acceptors (Lipinski definition) is 2. The summed E-state index contributed by atoms with van der Waals surface area (Å²) in [6.45, 7) is 0. The number of allylic oxidation sites excluding steroid dienone is 8. The van der Waals surface area contributed by atoms with Crippen LogP contribution in [0.2, 0.25) is 0 Å². The Labute approximate surface area is 224 Å². The fraction of sp³-hybridized carbons (Fsp3) is 0.0588. The molecule has 0 fully saturated rings. The first-order valence-corrected chi connectivity index (χ1v) is 17.2. The molecule has 0 radical (unpaired) electrons. The summed E-state index contributed by atoms with van der Waals surface area (Å²) >= 11 is -4.02. The van der Waals surface area contributed by atoms with E-state index in [1.807, 2.05) is 12.1 Å². The Morgan fingerprint density at radius 2 is 0.811 bits per heavy atom. The molecule has 0 bridgehead atoms. The van der Waals surface area contributed by atoms with Gasteiger partial charge >= 0.3 is 226 Å². The minimum atomic E-state index is -4.02. The summed E-state index contributed by atoms with van der Waals surface area (Å²) in [4.78, 5) is 0. The Hall–Kier alpha value is -3.68. The molecule has 0 unspecified atom stereocenters. The number of rotatable bonds is 8. The second-order valence-electron chi connectivity index (χ2n) is 9.25. The standard InChI is InChI=1S/2C12H10O.2C5H5.Zr/c2*13-12-8-6-11(7-9-12)10-4-2-1-3-5-10;2*1-2-4-5-3-1;/h2*1-9,13H;2*1-3H,4H2;/q;;;;+2/p-2. The van der Waals surface area contributed by atoms with Crippen LogP contribution in [0.1, 0.15) is 12.8 Å². The third-order valence-electron chi connectivity index (χ3n) is 6.83. The predicted molar refractivity (Wildman–Crippen MR) is 149 cm³/mol. The zero-order valence-corrected chi connectivity index (χ0v) is 23.0. The van der Waals surface area contributed by atoms with Gasteiger partial charge in [0.1, 0.15) is 0 Å². The normalized spacial score (nSPS) is 14.4. The van der Waals surface area contributed by atoms with Gasteiger partial charge in [-0.3, -0.25) is 0 Å². The molecule has 2 nitrogen and oxygen atoms in total. The second-order valence-corrected chi connectivity index (χ2v) is 16.4. The van der Waals surface area contributed by atoms with E-state index in [0.717, 1.165) is 24.3 Å². The first kappa shape index (κ1) is 23.7. The summed E-state index contributed by atoms with van der Waals surface area (Å²) in [6, 6.07) is 37.8. The Kier molecular flexibility index (Phi) is 6.89. The van der Waals surface area contributed by atoms with Crippen molar-refractivity contribution in [1.29, 1.82) is 0 Å². The van der Waals surface area contributed by atoms with E-state index in [9.17, 15) is 0 Å². The van der Waals surface area contributed by atoms with Crippen molar-refractivity contribution in [2.24, 2.45) is 0 Å². The van der Waals surface area contributed by atoms with Gasteiger partial charge in [-0.1, -0.05) is 0 Å². The van der Waals surface area contributed by atoms with Crippen LogP contribution in [0.5, 0.6) is 11.5 Å². The van der Waals surface area contributed by atoms with E-state index in [1.54, 1.807) is 0 Å². The third kappa shape index (κ3) is 5.10. The second kappa shape index (κ2) is 10.7. The Morgan fingerprint density at radius 3 is 1.16 bits per heavy atom. The molecule has 2 aliphatic carbocycles. The van der Waals surface area contributed by atoms with Crippen molar-refractivity contribution in [3.63, 3.8) is 0 Å². The Balaban J connectivity index is 1.34. The van der Waals surface area contributed by atoms with Gasteiger partial charge in [-0.15, -0.1) is 0 Å². The van der Waals surface area contributed by atoms with E-state index >= 15 is 0 Å². The summed E-state index contributed by atoms with van der Waals surface area (Å²) in [5.74, 6) is 1.72. The molecule has 0 aliphatic heterocycles. The van der Waals surface area contributed by atoms with Gasteiger partial charge in [0.15, 0.2) is 0 Å². The average Bonchev–Trinajstić information content (AvgIpc) is 3.71. The van der Waals surface area contributed by atoms with Crippen molar-refractivity contribution < 1.29 is 26.8 Å². The monoisotopic (exact) mass is 558 g/mol. The van der Waals surface area contributed by atoms with Crippen LogP contribution in [0, 0.1) is 0 Å². The summed E-state index contributed by atoms with van der Waals surface area (Å²) in [5, 5.41) is 0. The van der Waals surface area contributed by atoms with Crippen LogP contribution in [-0.2, 0) is 21.1 Å². The molecule has 0 saturated carbocycles. The van der Waals surface area contributed by atoms with Gasteiger partial charge < -0.3 is 0 Å². The zero-order valence-electron chi connectivity index (χ0n) is 20.6. The van der Waals surface area contributed by atoms with E-state index in [2.05, 4.69) is 134 Å². The molecule has 0 amide bonds. The van der Waals surface area contributed by atoms with Gasteiger partial charge in [0.05, 0.1) is 0 Å². The molecule has 0 spiro atoms. The molecule has 0 heterocycles. The predicted octanol–water partition coefficient (Wildman–Crippen LogP) is 9.15. The number of benzene rings is 4. The van der Waals surface area contributed by atoms with Crippen molar-refractivity contribution in [3.05, 3.63) is 152 Å². The van der Waals surface area contributed by atoms with Crippen molar-refractivity contribution in [2.75, 3.05) is 0 Å². The molecule has 0 atom stereocenters. The van der Waals surface area contributed by atoms with Crippen LogP contribution in [0.15, 0.2) is 152 Å². The van der Waals surface area contributed by atoms with Crippen LogP contribution in [0.25, 0.3) is 22.3 Å². The van der Waals surface area contributed by atoms with E-state index in [0.29, 0.717) is 0 Å². The quantitative estimate of drug-likeness (QED) is 0.214. The molecule has 0 aromatic heterocycles. The summed E-state index contributed by atoms with van der Waals surface area (Å²) in [5.41, 5.74) is 4.75. The molecular weight excluding hydrogens is 532 g/mol. The van der Waals surface area contributed by atoms with Gasteiger partial charge in [0.25, 0.3) is 0 Å². The van der Waals surface area contributed by atoms with E-state index < -0.39 is 21.1 Å². The van der Waals surface area contributed by atoms with Crippen molar-refractivity contribution in [2.45, 2.75) is 12.8 Å². The minimum absolute atomic E-state index is 0.858. The number of hydrogen-bond donors (Lipinski definition) is 0. The van der Waals surface area contributed by atoms with Crippen LogP contribution in [-0.4, -0.2) is 0 Å². The maximum atomic E-state index is 7.05. The fourth-order valence-electron chi connectivity index (χ4n) is 4.90. The van der Waals surface area contributed by atoms with Crippen LogP contribution < -0.4 is 5.63 Å². The molecule has 3 heteroatoms. The summed E-state index contributed by atoms with van der Waals surface area (Å²) in [6.07, 6.45) is 14.8. The van der Waals surface area contributed by atoms with Gasteiger partial charge in [0, 0.05) is 0 Å². The van der Waals surface area contributed by atoms with Gasteiger partial charge in [0.2, 0.25) is 0 Å². The van der Waals surface area contributed by atoms with Gasteiger partial charge in [-0.2, -0.15) is 0 Å². The van der Waals surface area contributed by atoms with Crippen LogP contribution in [0.4, 0.5) is 0 Å². The summed E-state index contributed by atoms with van der Waals surface area (Å²) < 4.78 is 16.7. The third-order valence-corrected chi connectivity index (χ3v) is 15.4. The van der Waals surface area contributed by atoms with Gasteiger partial charge in [-0.25, -0.2) is 0 Å². The Morgan fingerprint density at radius 1 is 0.432 bits per heavy atom. The SMILES string of the molecule is C1=CC[C]([Zr]([O]c2ccc(-c3ccccc3)cc2)([O]c2ccc(-c3ccccc3)cc2)[C]2=CC=CC2)=C1. The molecule has 4 aromatic rings. The molecule has 0 N–H and O–H groups in total. The Bertz CT molecular complexity index is 1360. The van der Waals surface area contributed by atoms with E-state index in [1.165, 1.54) is 28.8 Å². The molecule has 6 rings (SSSR count). The molecule has 4 aromatic carbocycles. The van der Waals surface area contributed by atoms with Crippen LogP contribution >= 0.6 is 0 Å². The molecule has 37 heavy (non-hydrogen) atoms. The van der Waals surface area contributed by atoms with E-state index in [-0.39, 0.29) is 0 Å². The first-order valence-electron chi connectivity index (χ1n) is 12.7. The topological polar surface area (TPSA) is 18.5 Å². The van der Waals surface area contributed by atoms with E-state index in [4.69, 9.17) is 5.63 Å². The van der Waals surface area contributed by atoms with Gasteiger partial charge in [-0.05, 0) is 0 Å². The summed E-state index contributed by atoms with van der Waals surface area (Å²) in [7, 11) is 0. The molecule has 180 valence electrons.